The monoisotopic (exact) mass is 815 g/mol. The summed E-state index contributed by atoms with van der Waals surface area (Å²) in [6.45, 7) is 0.658. The van der Waals surface area contributed by atoms with Gasteiger partial charge in [0.2, 0.25) is 15.9 Å². The Morgan fingerprint density at radius 1 is 0.945 bits per heavy atom. The number of piperazine rings is 1. The van der Waals surface area contributed by atoms with E-state index in [9.17, 15) is 35.2 Å². The number of ether oxygens (including phenoxy) is 1. The highest BCUT2D eigenvalue weighted by Gasteiger charge is 2.48. The van der Waals surface area contributed by atoms with Gasteiger partial charge in [-0.25, -0.2) is 22.0 Å². The number of hydrogen-bond donors (Lipinski definition) is 2. The first-order valence-electron chi connectivity index (χ1n) is 17.8. The van der Waals surface area contributed by atoms with Crippen molar-refractivity contribution in [3.63, 3.8) is 0 Å². The quantitative estimate of drug-likeness (QED) is 0.246. The zero-order valence-corrected chi connectivity index (χ0v) is 31.4. The van der Waals surface area contributed by atoms with Crippen LogP contribution < -0.4 is 10.5 Å². The average Bonchev–Trinajstić information content (AvgIpc) is 3.16. The van der Waals surface area contributed by atoms with Crippen molar-refractivity contribution < 1.29 is 49.8 Å². The largest absolute Gasteiger partial charge is 0.493 e. The number of pyridine rings is 1. The van der Waals surface area contributed by atoms with Gasteiger partial charge in [0.25, 0.3) is 5.92 Å². The second-order valence-electron chi connectivity index (χ2n) is 13.9. The van der Waals surface area contributed by atoms with Crippen molar-refractivity contribution in [2.24, 2.45) is 11.7 Å². The number of carboxylic acids is 1. The Balaban J connectivity index is 0.000000757. The fraction of sp³-hybridized carbons (Fsp3) is 0.486. The van der Waals surface area contributed by atoms with Gasteiger partial charge >= 0.3 is 12.1 Å². The van der Waals surface area contributed by atoms with Crippen molar-refractivity contribution in [1.82, 2.24) is 19.1 Å². The van der Waals surface area contributed by atoms with E-state index in [1.807, 2.05) is 35.2 Å². The first kappa shape index (κ1) is 42.2. The van der Waals surface area contributed by atoms with Crippen molar-refractivity contribution in [3.05, 3.63) is 77.4 Å². The zero-order valence-electron chi connectivity index (χ0n) is 29.8. The van der Waals surface area contributed by atoms with Gasteiger partial charge in [-0.2, -0.15) is 17.5 Å². The Kier molecular flexibility index (Phi) is 13.8. The summed E-state index contributed by atoms with van der Waals surface area (Å²) in [6.07, 6.45) is 2.36. The molecule has 55 heavy (non-hydrogen) atoms. The fourth-order valence-corrected chi connectivity index (χ4v) is 8.48. The zero-order chi connectivity index (χ0) is 40.0. The molecule has 18 heteroatoms. The van der Waals surface area contributed by atoms with E-state index in [-0.39, 0.29) is 31.0 Å². The van der Waals surface area contributed by atoms with Crippen LogP contribution in [0, 0.1) is 5.92 Å². The van der Waals surface area contributed by atoms with E-state index in [1.54, 1.807) is 24.4 Å². The minimum absolute atomic E-state index is 0.0230. The number of halogens is 6. The fourth-order valence-electron chi connectivity index (χ4n) is 6.81. The summed E-state index contributed by atoms with van der Waals surface area (Å²) >= 11 is 5.97. The number of benzene rings is 2. The molecule has 1 saturated carbocycles. The number of carbonyl (C=O) groups excluding carboxylic acids is 1. The molecule has 2 aliphatic heterocycles. The van der Waals surface area contributed by atoms with Crippen LogP contribution in [-0.2, 0) is 26.2 Å². The van der Waals surface area contributed by atoms with E-state index in [2.05, 4.69) is 4.98 Å². The first-order valence-corrected chi connectivity index (χ1v) is 19.7. The Morgan fingerprint density at radius 3 is 2.18 bits per heavy atom. The van der Waals surface area contributed by atoms with Crippen molar-refractivity contribution >= 4 is 33.5 Å². The highest BCUT2D eigenvalue weighted by atomic mass is 35.5. The van der Waals surface area contributed by atoms with Crippen LogP contribution in [0.1, 0.15) is 44.1 Å². The van der Waals surface area contributed by atoms with Gasteiger partial charge in [0.15, 0.2) is 0 Å². The second kappa shape index (κ2) is 17.9. The number of piperidine rings is 1. The van der Waals surface area contributed by atoms with Gasteiger partial charge in [0, 0.05) is 44.5 Å². The SMILES string of the molecule is NC1CCN(C(=O)C2CN(Cc3ccc(-c4ccc(Cl)cn4)cc3)CCN2S(=O)(=O)c2ccc(OCC3CCCCC3)cc2)CC1(F)F.O=C(O)C(F)(F)F. The number of alkyl halides is 5. The third-order valence-corrected chi connectivity index (χ3v) is 12.1. The molecule has 0 radical (unpaired) electrons. The molecule has 2 unspecified atom stereocenters. The maximum atomic E-state index is 14.6. The molecule has 0 bridgehead atoms. The topological polar surface area (TPSA) is 146 Å². The number of carbonyl (C=O) groups is 2. The molecule has 1 amide bonds. The van der Waals surface area contributed by atoms with Crippen LogP contribution >= 0.6 is 11.6 Å². The molecule has 1 aliphatic carbocycles. The minimum Gasteiger partial charge on any atom is -0.493 e. The summed E-state index contributed by atoms with van der Waals surface area (Å²) < 4.78 is 96.3. The van der Waals surface area contributed by atoms with Crippen LogP contribution in [0.5, 0.6) is 5.75 Å². The Labute approximate surface area is 321 Å². The highest BCUT2D eigenvalue weighted by Crippen LogP contribution is 2.31. The molecule has 3 heterocycles. The molecule has 2 saturated heterocycles. The van der Waals surface area contributed by atoms with E-state index in [0.29, 0.717) is 36.4 Å². The third-order valence-electron chi connectivity index (χ3n) is 9.93. The number of rotatable bonds is 9. The van der Waals surface area contributed by atoms with Gasteiger partial charge in [-0.1, -0.05) is 55.1 Å². The summed E-state index contributed by atoms with van der Waals surface area (Å²) in [6, 6.07) is 15.1. The molecule has 300 valence electrons. The Bertz CT molecular complexity index is 1860. The van der Waals surface area contributed by atoms with E-state index >= 15 is 0 Å². The maximum Gasteiger partial charge on any atom is 0.490 e. The molecule has 1 aromatic heterocycles. The summed E-state index contributed by atoms with van der Waals surface area (Å²) in [4.78, 5) is 30.3. The molecule has 3 N–H and O–H groups in total. The molecular formula is C37H43ClF5N5O6S. The number of aromatic nitrogens is 1. The molecular weight excluding hydrogens is 773 g/mol. The van der Waals surface area contributed by atoms with Crippen molar-refractivity contribution in [1.29, 1.82) is 0 Å². The molecule has 2 atom stereocenters. The van der Waals surface area contributed by atoms with Crippen molar-refractivity contribution in [2.75, 3.05) is 39.3 Å². The average molecular weight is 816 g/mol. The van der Waals surface area contributed by atoms with Crippen LogP contribution in [0.4, 0.5) is 22.0 Å². The van der Waals surface area contributed by atoms with Crippen molar-refractivity contribution in [3.8, 4) is 17.0 Å². The summed E-state index contributed by atoms with van der Waals surface area (Å²) in [5.74, 6) is -5.58. The molecule has 11 nitrogen and oxygen atoms in total. The number of sulfonamides is 1. The third kappa shape index (κ3) is 11.1. The van der Waals surface area contributed by atoms with Gasteiger partial charge in [-0.3, -0.25) is 14.7 Å². The Morgan fingerprint density at radius 2 is 1.60 bits per heavy atom. The highest BCUT2D eigenvalue weighted by molar-refractivity contribution is 7.89. The summed E-state index contributed by atoms with van der Waals surface area (Å²) in [7, 11) is -4.15. The standard InChI is InChI=1S/C35H42ClF2N5O4S.C2HF3O2/c36-28-10-15-31(40-20-28)27-8-6-25(7-9-27)21-41-18-19-43(32(22-41)34(44)42-17-16-33(39)35(37,38)24-42)48(45,46)30-13-11-29(12-14-30)47-23-26-4-2-1-3-5-26;3-2(4,5)1(6)7/h6-15,20,26,32-33H,1-5,16-19,21-24,39H2;(H,6,7). The summed E-state index contributed by atoms with van der Waals surface area (Å²) in [5.41, 5.74) is 8.28. The maximum absolute atomic E-state index is 14.6. The molecule has 3 aromatic rings. The number of hydrogen-bond acceptors (Lipinski definition) is 8. The molecule has 3 aliphatic rings. The lowest BCUT2D eigenvalue weighted by Gasteiger charge is -2.43. The van der Waals surface area contributed by atoms with Crippen molar-refractivity contribution in [2.45, 2.75) is 74.1 Å². The van der Waals surface area contributed by atoms with Gasteiger partial charge in [-0.05, 0) is 67.1 Å². The van der Waals surface area contributed by atoms with Gasteiger partial charge < -0.3 is 20.5 Å². The van der Waals surface area contributed by atoms with Gasteiger partial charge in [-0.15, -0.1) is 0 Å². The lowest BCUT2D eigenvalue weighted by Crippen LogP contribution is -2.64. The lowest BCUT2D eigenvalue weighted by atomic mass is 9.90. The van der Waals surface area contributed by atoms with E-state index in [0.717, 1.165) is 34.6 Å². The van der Waals surface area contributed by atoms with Gasteiger partial charge in [0.1, 0.15) is 11.8 Å². The van der Waals surface area contributed by atoms with Crippen LogP contribution in [0.3, 0.4) is 0 Å². The predicted molar refractivity (Wildman–Crippen MR) is 194 cm³/mol. The smallest absolute Gasteiger partial charge is 0.490 e. The van der Waals surface area contributed by atoms with E-state index < -0.39 is 52.6 Å². The number of nitrogens with zero attached hydrogens (tertiary/aromatic N) is 4. The van der Waals surface area contributed by atoms with Crippen LogP contribution in [0.2, 0.25) is 5.02 Å². The predicted octanol–water partition coefficient (Wildman–Crippen LogP) is 6.06. The van der Waals surface area contributed by atoms with Crippen LogP contribution in [-0.4, -0.2) is 108 Å². The summed E-state index contributed by atoms with van der Waals surface area (Å²) in [5, 5.41) is 7.67. The minimum atomic E-state index is -5.08. The van der Waals surface area contributed by atoms with E-state index in [1.165, 1.54) is 35.7 Å². The molecule has 3 fully saturated rings. The molecule has 6 rings (SSSR count). The number of carboxylic acid groups (broad SMARTS) is 1. The normalized spacial score (nSPS) is 21.3. The number of amides is 1. The first-order chi connectivity index (χ1) is 25.9. The lowest BCUT2D eigenvalue weighted by molar-refractivity contribution is -0.192. The number of likely N-dealkylation sites (tertiary alicyclic amines) is 1. The van der Waals surface area contributed by atoms with Gasteiger partial charge in [0.05, 0.1) is 34.8 Å². The van der Waals surface area contributed by atoms with Crippen LogP contribution in [0.25, 0.3) is 11.3 Å². The van der Waals surface area contributed by atoms with Crippen LogP contribution in [0.15, 0.2) is 71.8 Å². The number of nitrogens with two attached hydrogens (primary N) is 1. The molecule has 2 aromatic carbocycles. The second-order valence-corrected chi connectivity index (χ2v) is 16.3. The molecule has 0 spiro atoms. The Hall–Kier alpha value is -3.90. The van der Waals surface area contributed by atoms with E-state index in [4.69, 9.17) is 32.0 Å². The number of aliphatic carboxylic acids is 1.